The highest BCUT2D eigenvalue weighted by Gasteiger charge is 2.17. The van der Waals surface area contributed by atoms with Crippen LogP contribution in [0.15, 0.2) is 47.4 Å². The van der Waals surface area contributed by atoms with E-state index in [4.69, 9.17) is 10.00 Å². The Morgan fingerprint density at radius 3 is 2.61 bits per heavy atom. The zero-order chi connectivity index (χ0) is 16.9. The molecule has 0 fully saturated rings. The summed E-state index contributed by atoms with van der Waals surface area (Å²) in [6.07, 6.45) is 0.793. The van der Waals surface area contributed by atoms with Gasteiger partial charge >= 0.3 is 0 Å². The predicted octanol–water partition coefficient (Wildman–Crippen LogP) is 2.61. The molecule has 0 saturated carbocycles. The van der Waals surface area contributed by atoms with Crippen LogP contribution in [0.2, 0.25) is 0 Å². The highest BCUT2D eigenvalue weighted by molar-refractivity contribution is 7.89. The van der Waals surface area contributed by atoms with E-state index < -0.39 is 10.0 Å². The van der Waals surface area contributed by atoms with Gasteiger partial charge in [0.1, 0.15) is 11.8 Å². The lowest BCUT2D eigenvalue weighted by Crippen LogP contribution is -2.24. The second-order valence-electron chi connectivity index (χ2n) is 4.93. The third kappa shape index (κ3) is 3.89. The SMILES string of the molecule is CCc1cc(CNS(=O)(=O)c2ccccc2C#N)ccc1OC. The number of hydrogen-bond donors (Lipinski definition) is 1. The third-order valence-electron chi connectivity index (χ3n) is 3.49. The summed E-state index contributed by atoms with van der Waals surface area (Å²) in [5.41, 5.74) is 1.98. The topological polar surface area (TPSA) is 79.2 Å². The monoisotopic (exact) mass is 330 g/mol. The Kier molecular flexibility index (Phi) is 5.37. The Balaban J connectivity index is 2.21. The molecule has 2 aromatic rings. The molecule has 0 atom stereocenters. The summed E-state index contributed by atoms with van der Waals surface area (Å²) in [6.45, 7) is 2.16. The van der Waals surface area contributed by atoms with E-state index >= 15 is 0 Å². The van der Waals surface area contributed by atoms with Crippen LogP contribution in [0.1, 0.15) is 23.6 Å². The van der Waals surface area contributed by atoms with Gasteiger partial charge in [0.2, 0.25) is 10.0 Å². The fourth-order valence-corrected chi connectivity index (χ4v) is 3.44. The number of nitriles is 1. The molecule has 23 heavy (non-hydrogen) atoms. The lowest BCUT2D eigenvalue weighted by molar-refractivity contribution is 0.410. The van der Waals surface area contributed by atoms with E-state index in [1.165, 1.54) is 12.1 Å². The number of ether oxygens (including phenoxy) is 1. The first-order valence-electron chi connectivity index (χ1n) is 7.16. The first kappa shape index (κ1) is 17.0. The molecule has 0 aromatic heterocycles. The van der Waals surface area contributed by atoms with E-state index in [-0.39, 0.29) is 17.0 Å². The molecule has 120 valence electrons. The van der Waals surface area contributed by atoms with Gasteiger partial charge in [0.15, 0.2) is 0 Å². The average Bonchev–Trinajstić information content (AvgIpc) is 2.59. The van der Waals surface area contributed by atoms with Crippen molar-refractivity contribution in [2.45, 2.75) is 24.8 Å². The number of nitrogens with one attached hydrogen (secondary N) is 1. The van der Waals surface area contributed by atoms with Crippen LogP contribution in [0.4, 0.5) is 0 Å². The van der Waals surface area contributed by atoms with Gasteiger partial charge in [-0.25, -0.2) is 13.1 Å². The van der Waals surface area contributed by atoms with Gasteiger partial charge in [-0.2, -0.15) is 5.26 Å². The summed E-state index contributed by atoms with van der Waals surface area (Å²) in [5, 5.41) is 9.04. The quantitative estimate of drug-likeness (QED) is 0.883. The Hall–Kier alpha value is -2.36. The van der Waals surface area contributed by atoms with E-state index in [0.717, 1.165) is 23.3 Å². The zero-order valence-electron chi connectivity index (χ0n) is 13.0. The molecular weight excluding hydrogens is 312 g/mol. The van der Waals surface area contributed by atoms with Crippen molar-refractivity contribution < 1.29 is 13.2 Å². The summed E-state index contributed by atoms with van der Waals surface area (Å²) in [4.78, 5) is -0.00766. The van der Waals surface area contributed by atoms with Crippen LogP contribution in [0.5, 0.6) is 5.75 Å². The molecule has 5 nitrogen and oxygen atoms in total. The molecule has 0 radical (unpaired) electrons. The van der Waals surface area contributed by atoms with Crippen LogP contribution < -0.4 is 9.46 Å². The van der Waals surface area contributed by atoms with Crippen LogP contribution >= 0.6 is 0 Å². The van der Waals surface area contributed by atoms with Gasteiger partial charge in [0, 0.05) is 6.54 Å². The fourth-order valence-electron chi connectivity index (χ4n) is 2.27. The summed E-state index contributed by atoms with van der Waals surface area (Å²) in [7, 11) is -2.13. The zero-order valence-corrected chi connectivity index (χ0v) is 13.9. The Bertz CT molecular complexity index is 839. The summed E-state index contributed by atoms with van der Waals surface area (Å²) < 4.78 is 32.5. The third-order valence-corrected chi connectivity index (χ3v) is 4.95. The van der Waals surface area contributed by atoms with Crippen LogP contribution in [0.25, 0.3) is 0 Å². The van der Waals surface area contributed by atoms with E-state index in [2.05, 4.69) is 4.72 Å². The van der Waals surface area contributed by atoms with Crippen LogP contribution in [-0.4, -0.2) is 15.5 Å². The minimum atomic E-state index is -3.74. The normalized spacial score (nSPS) is 11.0. The Labute approximate surface area is 136 Å². The van der Waals surface area contributed by atoms with Crippen molar-refractivity contribution in [3.63, 3.8) is 0 Å². The van der Waals surface area contributed by atoms with Crippen LogP contribution in [0.3, 0.4) is 0 Å². The second kappa shape index (κ2) is 7.27. The maximum Gasteiger partial charge on any atom is 0.242 e. The first-order chi connectivity index (χ1) is 11.0. The largest absolute Gasteiger partial charge is 0.496 e. The van der Waals surface area contributed by atoms with E-state index in [0.29, 0.717) is 0 Å². The van der Waals surface area contributed by atoms with Gasteiger partial charge < -0.3 is 4.74 Å². The Morgan fingerprint density at radius 1 is 1.22 bits per heavy atom. The van der Waals surface area contributed by atoms with Crippen molar-refractivity contribution in [2.75, 3.05) is 7.11 Å². The number of methoxy groups -OCH3 is 1. The molecule has 0 amide bonds. The molecule has 0 heterocycles. The van der Waals surface area contributed by atoms with Gasteiger partial charge in [0.05, 0.1) is 17.6 Å². The smallest absolute Gasteiger partial charge is 0.242 e. The van der Waals surface area contributed by atoms with Crippen molar-refractivity contribution in [2.24, 2.45) is 0 Å². The summed E-state index contributed by atoms with van der Waals surface area (Å²) in [6, 6.07) is 13.6. The lowest BCUT2D eigenvalue weighted by atomic mass is 10.1. The maximum atomic E-state index is 12.4. The van der Waals surface area contributed by atoms with Crippen molar-refractivity contribution in [3.8, 4) is 11.8 Å². The van der Waals surface area contributed by atoms with Gasteiger partial charge in [-0.3, -0.25) is 0 Å². The summed E-state index contributed by atoms with van der Waals surface area (Å²) >= 11 is 0. The highest BCUT2D eigenvalue weighted by Crippen LogP contribution is 2.21. The van der Waals surface area contributed by atoms with E-state index in [9.17, 15) is 8.42 Å². The van der Waals surface area contributed by atoms with Gasteiger partial charge in [-0.05, 0) is 35.7 Å². The minimum absolute atomic E-state index is 0.00766. The van der Waals surface area contributed by atoms with Gasteiger partial charge in [-0.1, -0.05) is 31.2 Å². The lowest BCUT2D eigenvalue weighted by Gasteiger charge is -2.11. The molecule has 0 saturated heterocycles. The molecule has 2 aromatic carbocycles. The molecule has 0 spiro atoms. The molecule has 0 aliphatic rings. The first-order valence-corrected chi connectivity index (χ1v) is 8.64. The van der Waals surface area contributed by atoms with Crippen molar-refractivity contribution in [1.82, 2.24) is 4.72 Å². The molecular formula is C17H18N2O3S. The van der Waals surface area contributed by atoms with E-state index in [1.807, 2.05) is 31.2 Å². The molecule has 6 heteroatoms. The van der Waals surface area contributed by atoms with Crippen molar-refractivity contribution in [3.05, 3.63) is 59.2 Å². The second-order valence-corrected chi connectivity index (χ2v) is 6.67. The Morgan fingerprint density at radius 2 is 1.96 bits per heavy atom. The number of rotatable bonds is 6. The molecule has 0 bridgehead atoms. The van der Waals surface area contributed by atoms with Gasteiger partial charge in [-0.15, -0.1) is 0 Å². The number of nitrogens with zero attached hydrogens (tertiary/aromatic N) is 1. The minimum Gasteiger partial charge on any atom is -0.496 e. The van der Waals surface area contributed by atoms with Crippen molar-refractivity contribution >= 4 is 10.0 Å². The number of hydrogen-bond acceptors (Lipinski definition) is 4. The van der Waals surface area contributed by atoms with Gasteiger partial charge in [0.25, 0.3) is 0 Å². The average molecular weight is 330 g/mol. The number of benzene rings is 2. The highest BCUT2D eigenvalue weighted by atomic mass is 32.2. The number of aryl methyl sites for hydroxylation is 1. The predicted molar refractivity (Wildman–Crippen MR) is 87.6 cm³/mol. The van der Waals surface area contributed by atoms with Crippen molar-refractivity contribution in [1.29, 1.82) is 5.26 Å². The molecule has 2 rings (SSSR count). The van der Waals surface area contributed by atoms with Crippen LogP contribution in [-0.2, 0) is 23.0 Å². The molecule has 1 N–H and O–H groups in total. The fraction of sp³-hybridized carbons (Fsp3) is 0.235. The molecule has 0 aliphatic carbocycles. The summed E-state index contributed by atoms with van der Waals surface area (Å²) in [5.74, 6) is 0.786. The van der Waals surface area contributed by atoms with Crippen LogP contribution in [0, 0.1) is 11.3 Å². The number of sulfonamides is 1. The standard InChI is InChI=1S/C17H18N2O3S/c1-3-14-10-13(8-9-16(14)22-2)12-19-23(20,21)17-7-5-4-6-15(17)11-18/h4-10,19H,3,12H2,1-2H3. The molecule has 0 unspecified atom stereocenters. The maximum absolute atomic E-state index is 12.4. The molecule has 0 aliphatic heterocycles. The van der Waals surface area contributed by atoms with E-state index in [1.54, 1.807) is 19.2 Å².